The van der Waals surface area contributed by atoms with Gasteiger partial charge in [-0.05, 0) is 30.5 Å². The predicted molar refractivity (Wildman–Crippen MR) is 111 cm³/mol. The first-order valence-corrected chi connectivity index (χ1v) is 11.0. The third-order valence-corrected chi connectivity index (χ3v) is 7.73. The lowest BCUT2D eigenvalue weighted by atomic mass is 9.93. The van der Waals surface area contributed by atoms with Crippen molar-refractivity contribution in [3.63, 3.8) is 0 Å². The molecule has 0 aromatic heterocycles. The van der Waals surface area contributed by atoms with Crippen molar-refractivity contribution in [3.8, 4) is 0 Å². The van der Waals surface area contributed by atoms with E-state index in [1.54, 1.807) is 30.3 Å². The summed E-state index contributed by atoms with van der Waals surface area (Å²) in [5, 5.41) is 4.14. The van der Waals surface area contributed by atoms with Crippen LogP contribution in [-0.4, -0.2) is 40.3 Å². The Hall–Kier alpha value is -2.14. The summed E-state index contributed by atoms with van der Waals surface area (Å²) in [6.45, 7) is 0. The van der Waals surface area contributed by atoms with Gasteiger partial charge in [-0.3, -0.25) is 9.11 Å². The molecule has 1 unspecified atom stereocenters. The molecule has 2 rings (SSSR count). The van der Waals surface area contributed by atoms with E-state index in [9.17, 15) is 25.9 Å². The molecule has 0 amide bonds. The molecule has 1 aromatic rings. The van der Waals surface area contributed by atoms with E-state index in [-0.39, 0.29) is 11.4 Å². The summed E-state index contributed by atoms with van der Waals surface area (Å²) in [5.41, 5.74) is 0.00959. The molecule has 1 atom stereocenters. The van der Waals surface area contributed by atoms with Gasteiger partial charge in [0.05, 0.1) is 21.9 Å². The zero-order chi connectivity index (χ0) is 21.0. The Morgan fingerprint density at radius 1 is 0.964 bits per heavy atom. The molecule has 146 valence electrons. The highest BCUT2D eigenvalue weighted by molar-refractivity contribution is 8.05. The third-order valence-electron chi connectivity index (χ3n) is 3.89. The number of rotatable bonds is 6. The number of benzene rings is 1. The van der Waals surface area contributed by atoms with Gasteiger partial charge in [0.25, 0.3) is 24.3 Å². The second kappa shape index (κ2) is 8.48. The van der Waals surface area contributed by atoms with Gasteiger partial charge in [-0.25, -0.2) is 0 Å². The van der Waals surface area contributed by atoms with Crippen molar-refractivity contribution in [2.24, 2.45) is 15.9 Å². The summed E-state index contributed by atoms with van der Waals surface area (Å²) < 4.78 is 64.9. The third kappa shape index (κ3) is 4.00. The molecule has 12 heteroatoms. The Morgan fingerprint density at radius 3 is 2.04 bits per heavy atom. The molecule has 0 aliphatic heterocycles. The highest BCUT2D eigenvalue weighted by Crippen LogP contribution is 2.43. The topological polar surface area (TPSA) is 133 Å². The van der Waals surface area contributed by atoms with Crippen molar-refractivity contribution in [1.82, 2.24) is 0 Å². The Kier molecular flexibility index (Phi) is 6.71. The van der Waals surface area contributed by atoms with Gasteiger partial charge < -0.3 is 0 Å². The molecule has 0 saturated carbocycles. The molecule has 1 aromatic carbocycles. The molecule has 8 nitrogen and oxygen atoms in total. The molecule has 1 aliphatic carbocycles. The zero-order valence-electron chi connectivity index (χ0n) is 13.8. The molecule has 0 saturated heterocycles. The van der Waals surface area contributed by atoms with Gasteiger partial charge >= 0.3 is 0 Å². The fourth-order valence-electron chi connectivity index (χ4n) is 2.74. The average Bonchev–Trinajstić information content (AvgIpc) is 2.63. The van der Waals surface area contributed by atoms with Crippen LogP contribution in [0.3, 0.4) is 0 Å². The standard InChI is InChI=1S/C16H12N2O6S4/c19-27(20,21)16(28(22,23)24)9-5-4-8-13(16)15(18-11-26)14(17-10-25)12-6-2-1-3-7-12/h1-9,13H,(H,19,20,21)(H,22,23,24). The fraction of sp³-hybridized carbons (Fsp3) is 0.125. The van der Waals surface area contributed by atoms with Crippen LogP contribution >= 0.6 is 24.4 Å². The SMILES string of the molecule is O=S(=O)(O)C1(S(=O)(=O)O)C=CC=CC1C(N=C=S)=C(N=C=S)c1ccccc1. The maximum absolute atomic E-state index is 12.1. The minimum atomic E-state index is -5.41. The number of allylic oxidation sites excluding steroid dienone is 3. The quantitative estimate of drug-likeness (QED) is 0.379. The molecular weight excluding hydrogens is 444 g/mol. The zero-order valence-corrected chi connectivity index (χ0v) is 17.1. The summed E-state index contributed by atoms with van der Waals surface area (Å²) in [7, 11) is -10.8. The Bertz CT molecular complexity index is 1140. The monoisotopic (exact) mass is 456 g/mol. The predicted octanol–water partition coefficient (Wildman–Crippen LogP) is 2.77. The largest absolute Gasteiger partial charge is 0.292 e. The molecule has 28 heavy (non-hydrogen) atoms. The first kappa shape index (κ1) is 22.2. The molecular formula is C16H12N2O6S4. The van der Waals surface area contributed by atoms with Crippen molar-refractivity contribution in [1.29, 1.82) is 0 Å². The van der Waals surface area contributed by atoms with Crippen LogP contribution in [0.2, 0.25) is 0 Å². The van der Waals surface area contributed by atoms with Crippen LogP contribution in [0.1, 0.15) is 5.56 Å². The van der Waals surface area contributed by atoms with Crippen LogP contribution in [0.25, 0.3) is 5.70 Å². The summed E-state index contributed by atoms with van der Waals surface area (Å²) >= 11 is 9.24. The van der Waals surface area contributed by atoms with E-state index in [2.05, 4.69) is 39.6 Å². The van der Waals surface area contributed by atoms with E-state index in [4.69, 9.17) is 0 Å². The van der Waals surface area contributed by atoms with E-state index in [0.717, 1.165) is 12.2 Å². The number of thiocarbonyl (C=S) groups is 2. The molecule has 1 aliphatic rings. The lowest BCUT2D eigenvalue weighted by Gasteiger charge is -2.32. The van der Waals surface area contributed by atoms with E-state index in [0.29, 0.717) is 11.6 Å². The van der Waals surface area contributed by atoms with E-state index in [1.807, 2.05) is 5.16 Å². The van der Waals surface area contributed by atoms with Gasteiger partial charge in [0.2, 0.25) is 0 Å². The molecule has 0 bridgehead atoms. The number of isothiocyanates is 2. The van der Waals surface area contributed by atoms with Crippen LogP contribution < -0.4 is 0 Å². The first-order valence-electron chi connectivity index (χ1n) is 7.35. The second-order valence-corrected chi connectivity index (χ2v) is 9.27. The van der Waals surface area contributed by atoms with Gasteiger partial charge in [0.1, 0.15) is 5.70 Å². The van der Waals surface area contributed by atoms with E-state index >= 15 is 0 Å². The minimum Gasteiger partial charge on any atom is -0.284 e. The van der Waals surface area contributed by atoms with Crippen LogP contribution in [0, 0.1) is 5.92 Å². The fourth-order valence-corrected chi connectivity index (χ4v) is 5.52. The Labute approximate surface area is 172 Å². The van der Waals surface area contributed by atoms with Crippen LogP contribution in [0.15, 0.2) is 70.3 Å². The Morgan fingerprint density at radius 2 is 1.54 bits per heavy atom. The van der Waals surface area contributed by atoms with Crippen LogP contribution in [-0.2, 0) is 20.2 Å². The van der Waals surface area contributed by atoms with Gasteiger partial charge in [-0.15, -0.1) is 0 Å². The van der Waals surface area contributed by atoms with E-state index in [1.165, 1.54) is 6.08 Å². The van der Waals surface area contributed by atoms with Crippen molar-refractivity contribution >= 4 is 60.7 Å². The van der Waals surface area contributed by atoms with E-state index < -0.39 is 30.2 Å². The summed E-state index contributed by atoms with van der Waals surface area (Å²) in [4.78, 5) is 7.67. The summed E-state index contributed by atoms with van der Waals surface area (Å²) in [5.74, 6) is -1.72. The second-order valence-electron chi connectivity index (χ2n) is 5.40. The number of aliphatic imine (C=N–C) groups is 2. The van der Waals surface area contributed by atoms with Gasteiger partial charge in [0, 0.05) is 5.56 Å². The number of hydrogen-bond donors (Lipinski definition) is 2. The van der Waals surface area contributed by atoms with Gasteiger partial charge in [-0.1, -0.05) is 48.6 Å². The lowest BCUT2D eigenvalue weighted by Crippen LogP contribution is -2.51. The molecule has 0 radical (unpaired) electrons. The molecule has 0 spiro atoms. The normalized spacial score (nSPS) is 19.1. The molecule has 0 heterocycles. The maximum atomic E-state index is 12.1. The first-order chi connectivity index (χ1) is 13.1. The van der Waals surface area contributed by atoms with Crippen LogP contribution in [0.4, 0.5) is 0 Å². The van der Waals surface area contributed by atoms with Crippen molar-refractivity contribution in [3.05, 3.63) is 65.9 Å². The Balaban J connectivity index is 3.02. The lowest BCUT2D eigenvalue weighted by molar-refractivity contribution is 0.421. The molecule has 0 fully saturated rings. The number of nitrogens with zero attached hydrogens (tertiary/aromatic N) is 2. The highest BCUT2D eigenvalue weighted by Gasteiger charge is 2.60. The van der Waals surface area contributed by atoms with Crippen molar-refractivity contribution < 1.29 is 25.9 Å². The van der Waals surface area contributed by atoms with Gasteiger partial charge in [-0.2, -0.15) is 26.8 Å². The van der Waals surface area contributed by atoms with Crippen molar-refractivity contribution in [2.45, 2.75) is 4.08 Å². The highest BCUT2D eigenvalue weighted by atomic mass is 32.3. The maximum Gasteiger partial charge on any atom is 0.292 e. The summed E-state index contributed by atoms with van der Waals surface area (Å²) in [6, 6.07) is 8.14. The molecule has 2 N–H and O–H groups in total. The average molecular weight is 457 g/mol. The van der Waals surface area contributed by atoms with Gasteiger partial charge in [0.15, 0.2) is 0 Å². The minimum absolute atomic E-state index is 0.0606. The van der Waals surface area contributed by atoms with Crippen LogP contribution in [0.5, 0.6) is 0 Å². The van der Waals surface area contributed by atoms with Crippen molar-refractivity contribution in [2.75, 3.05) is 0 Å². The number of hydrogen-bond acceptors (Lipinski definition) is 8. The smallest absolute Gasteiger partial charge is 0.284 e. The summed E-state index contributed by atoms with van der Waals surface area (Å²) in [6.07, 6.45) is 4.14.